The van der Waals surface area contributed by atoms with Crippen LogP contribution in [0.5, 0.6) is 0 Å². The summed E-state index contributed by atoms with van der Waals surface area (Å²) < 4.78 is 0. The zero-order valence-corrected chi connectivity index (χ0v) is 9.39. The molecule has 2 rings (SSSR count). The minimum Gasteiger partial charge on any atom is -0.395 e. The van der Waals surface area contributed by atoms with E-state index < -0.39 is 0 Å². The molecule has 1 aliphatic carbocycles. The fraction of sp³-hybridized carbons (Fsp3) is 1.00. The SMILES string of the molecule is CC1CC(NC(CO)CO)CN1C1CC1. The Morgan fingerprint density at radius 2 is 2.00 bits per heavy atom. The maximum Gasteiger partial charge on any atom is 0.0607 e. The standard InChI is InChI=1S/C11H22N2O2/c1-8-4-9(12-10(6-14)7-15)5-13(8)11-2-3-11/h8-12,14-15H,2-7H2,1H3. The monoisotopic (exact) mass is 214 g/mol. The van der Waals surface area contributed by atoms with Crippen LogP contribution in [0.25, 0.3) is 0 Å². The van der Waals surface area contributed by atoms with Crippen molar-refractivity contribution < 1.29 is 10.2 Å². The molecule has 0 aromatic heterocycles. The molecule has 0 radical (unpaired) electrons. The second-order valence-electron chi connectivity index (χ2n) is 4.94. The molecular formula is C11H22N2O2. The molecule has 1 aliphatic heterocycles. The summed E-state index contributed by atoms with van der Waals surface area (Å²) in [5.41, 5.74) is 0. The lowest BCUT2D eigenvalue weighted by Gasteiger charge is -2.21. The van der Waals surface area contributed by atoms with E-state index in [9.17, 15) is 0 Å². The molecule has 0 spiro atoms. The van der Waals surface area contributed by atoms with E-state index in [0.717, 1.165) is 19.0 Å². The van der Waals surface area contributed by atoms with E-state index in [-0.39, 0.29) is 19.3 Å². The molecule has 3 N–H and O–H groups in total. The summed E-state index contributed by atoms with van der Waals surface area (Å²) in [6.45, 7) is 3.38. The Balaban J connectivity index is 1.80. The molecule has 1 saturated heterocycles. The van der Waals surface area contributed by atoms with Gasteiger partial charge in [-0.15, -0.1) is 0 Å². The van der Waals surface area contributed by atoms with Crippen LogP contribution in [0.3, 0.4) is 0 Å². The van der Waals surface area contributed by atoms with Crippen LogP contribution in [0.15, 0.2) is 0 Å². The van der Waals surface area contributed by atoms with Crippen molar-refractivity contribution in [3.8, 4) is 0 Å². The summed E-state index contributed by atoms with van der Waals surface area (Å²) in [5.74, 6) is 0. The van der Waals surface area contributed by atoms with E-state index in [1.165, 1.54) is 12.8 Å². The molecule has 4 heteroatoms. The zero-order valence-electron chi connectivity index (χ0n) is 9.39. The van der Waals surface area contributed by atoms with Gasteiger partial charge in [-0.05, 0) is 26.2 Å². The number of nitrogens with one attached hydrogen (secondary N) is 1. The molecule has 2 fully saturated rings. The van der Waals surface area contributed by atoms with Gasteiger partial charge >= 0.3 is 0 Å². The second kappa shape index (κ2) is 4.78. The minimum absolute atomic E-state index is 0.0187. The van der Waals surface area contributed by atoms with Crippen molar-refractivity contribution in [2.24, 2.45) is 0 Å². The zero-order chi connectivity index (χ0) is 10.8. The molecule has 2 atom stereocenters. The predicted octanol–water partition coefficient (Wildman–Crippen LogP) is -0.446. The number of aliphatic hydroxyl groups is 2. The van der Waals surface area contributed by atoms with Crippen LogP contribution in [0.4, 0.5) is 0 Å². The van der Waals surface area contributed by atoms with Crippen LogP contribution >= 0.6 is 0 Å². The third-order valence-electron chi connectivity index (χ3n) is 3.55. The van der Waals surface area contributed by atoms with Gasteiger partial charge in [0.2, 0.25) is 0 Å². The van der Waals surface area contributed by atoms with Crippen molar-refractivity contribution in [2.45, 2.75) is 50.4 Å². The fourth-order valence-electron chi connectivity index (χ4n) is 2.59. The number of rotatable bonds is 5. The van der Waals surface area contributed by atoms with Crippen LogP contribution < -0.4 is 5.32 Å². The molecule has 1 saturated carbocycles. The second-order valence-corrected chi connectivity index (χ2v) is 4.94. The lowest BCUT2D eigenvalue weighted by molar-refractivity contribution is 0.161. The third-order valence-corrected chi connectivity index (χ3v) is 3.55. The van der Waals surface area contributed by atoms with Gasteiger partial charge < -0.3 is 15.5 Å². The van der Waals surface area contributed by atoms with Crippen molar-refractivity contribution in [3.05, 3.63) is 0 Å². The van der Waals surface area contributed by atoms with Gasteiger partial charge in [-0.25, -0.2) is 0 Å². The maximum absolute atomic E-state index is 9.00. The van der Waals surface area contributed by atoms with Crippen LogP contribution in [-0.2, 0) is 0 Å². The maximum atomic E-state index is 9.00. The number of aliphatic hydroxyl groups excluding tert-OH is 2. The molecule has 2 aliphatic rings. The summed E-state index contributed by atoms with van der Waals surface area (Å²) in [5, 5.41) is 21.3. The number of nitrogens with zero attached hydrogens (tertiary/aromatic N) is 1. The van der Waals surface area contributed by atoms with Gasteiger partial charge in [-0.1, -0.05) is 0 Å². The lowest BCUT2D eigenvalue weighted by Crippen LogP contribution is -2.44. The Morgan fingerprint density at radius 3 is 2.53 bits per heavy atom. The van der Waals surface area contributed by atoms with Gasteiger partial charge in [-0.2, -0.15) is 0 Å². The van der Waals surface area contributed by atoms with Crippen LogP contribution in [-0.4, -0.2) is 59.0 Å². The average Bonchev–Trinajstić information content (AvgIpc) is 3.00. The van der Waals surface area contributed by atoms with Crippen molar-refractivity contribution in [1.29, 1.82) is 0 Å². The summed E-state index contributed by atoms with van der Waals surface area (Å²) >= 11 is 0. The summed E-state index contributed by atoms with van der Waals surface area (Å²) in [4.78, 5) is 2.56. The minimum atomic E-state index is -0.152. The molecule has 0 aromatic rings. The van der Waals surface area contributed by atoms with E-state index >= 15 is 0 Å². The largest absolute Gasteiger partial charge is 0.395 e. The van der Waals surface area contributed by atoms with Gasteiger partial charge in [0, 0.05) is 24.7 Å². The Bertz CT molecular complexity index is 203. The first-order valence-electron chi connectivity index (χ1n) is 5.98. The van der Waals surface area contributed by atoms with Gasteiger partial charge in [0.05, 0.1) is 19.3 Å². The predicted molar refractivity (Wildman–Crippen MR) is 58.7 cm³/mol. The van der Waals surface area contributed by atoms with Crippen molar-refractivity contribution in [2.75, 3.05) is 19.8 Å². The van der Waals surface area contributed by atoms with Gasteiger partial charge in [0.1, 0.15) is 0 Å². The Labute approximate surface area is 91.3 Å². The highest BCUT2D eigenvalue weighted by molar-refractivity contribution is 4.96. The molecule has 0 aromatic carbocycles. The summed E-state index contributed by atoms with van der Waals surface area (Å²) in [6, 6.07) is 1.74. The Kier molecular flexibility index (Phi) is 3.61. The number of hydrogen-bond donors (Lipinski definition) is 3. The summed E-state index contributed by atoms with van der Waals surface area (Å²) in [6.07, 6.45) is 3.83. The molecule has 4 nitrogen and oxygen atoms in total. The molecule has 0 bridgehead atoms. The first-order chi connectivity index (χ1) is 7.24. The highest BCUT2D eigenvalue weighted by Crippen LogP contribution is 2.33. The highest BCUT2D eigenvalue weighted by Gasteiger charge is 2.38. The van der Waals surface area contributed by atoms with Crippen LogP contribution in [0.1, 0.15) is 26.2 Å². The van der Waals surface area contributed by atoms with Crippen molar-refractivity contribution in [3.63, 3.8) is 0 Å². The lowest BCUT2D eigenvalue weighted by atomic mass is 10.1. The molecule has 1 heterocycles. The fourth-order valence-corrected chi connectivity index (χ4v) is 2.59. The average molecular weight is 214 g/mol. The van der Waals surface area contributed by atoms with Crippen LogP contribution in [0, 0.1) is 0 Å². The van der Waals surface area contributed by atoms with Gasteiger partial charge in [0.25, 0.3) is 0 Å². The molecule has 2 unspecified atom stereocenters. The number of hydrogen-bond acceptors (Lipinski definition) is 4. The summed E-state index contributed by atoms with van der Waals surface area (Å²) in [7, 11) is 0. The third kappa shape index (κ3) is 2.69. The van der Waals surface area contributed by atoms with E-state index in [2.05, 4.69) is 17.1 Å². The quantitative estimate of drug-likeness (QED) is 0.580. The smallest absolute Gasteiger partial charge is 0.0607 e. The van der Waals surface area contributed by atoms with Crippen molar-refractivity contribution in [1.82, 2.24) is 10.2 Å². The van der Waals surface area contributed by atoms with E-state index in [1.807, 2.05) is 0 Å². The van der Waals surface area contributed by atoms with E-state index in [0.29, 0.717) is 12.1 Å². The number of likely N-dealkylation sites (tertiary alicyclic amines) is 1. The molecule has 15 heavy (non-hydrogen) atoms. The van der Waals surface area contributed by atoms with Crippen molar-refractivity contribution >= 4 is 0 Å². The molecule has 0 amide bonds. The van der Waals surface area contributed by atoms with Gasteiger partial charge in [0.15, 0.2) is 0 Å². The first-order valence-corrected chi connectivity index (χ1v) is 5.98. The Hall–Kier alpha value is -0.160. The normalized spacial score (nSPS) is 32.8. The van der Waals surface area contributed by atoms with E-state index in [4.69, 9.17) is 10.2 Å². The van der Waals surface area contributed by atoms with Crippen LogP contribution in [0.2, 0.25) is 0 Å². The molecule has 88 valence electrons. The first kappa shape index (κ1) is 11.3. The highest BCUT2D eigenvalue weighted by atomic mass is 16.3. The van der Waals surface area contributed by atoms with Gasteiger partial charge in [-0.3, -0.25) is 4.90 Å². The van der Waals surface area contributed by atoms with E-state index in [1.54, 1.807) is 0 Å². The topological polar surface area (TPSA) is 55.7 Å². The molecular weight excluding hydrogens is 192 g/mol. The Morgan fingerprint density at radius 1 is 1.33 bits per heavy atom.